The summed E-state index contributed by atoms with van der Waals surface area (Å²) in [6, 6.07) is 6.71. The standard InChI is InChI=1S/C16H15F3N2O3/c17-16(18,19)12-10-11(20-15(22)14-2-1-7-24-14)3-4-13(12)21-5-8-23-9-6-21/h1-4,7,10H,5-6,8-9H2,(H,20,22). The number of furan rings is 1. The molecule has 0 bridgehead atoms. The number of ether oxygens (including phenoxy) is 1. The summed E-state index contributed by atoms with van der Waals surface area (Å²) in [6.07, 6.45) is -3.21. The van der Waals surface area contributed by atoms with Crippen molar-refractivity contribution in [1.82, 2.24) is 0 Å². The molecule has 5 nitrogen and oxygen atoms in total. The van der Waals surface area contributed by atoms with Crippen molar-refractivity contribution >= 4 is 17.3 Å². The third-order valence-electron chi connectivity index (χ3n) is 3.66. The van der Waals surface area contributed by atoms with Crippen molar-refractivity contribution in [3.8, 4) is 0 Å². The average Bonchev–Trinajstić information content (AvgIpc) is 3.09. The van der Waals surface area contributed by atoms with Crippen molar-refractivity contribution in [2.75, 3.05) is 36.5 Å². The molecule has 8 heteroatoms. The molecule has 0 aliphatic carbocycles. The Kier molecular flexibility index (Phi) is 4.48. The first-order valence-corrected chi connectivity index (χ1v) is 7.34. The Labute approximate surface area is 136 Å². The van der Waals surface area contributed by atoms with Gasteiger partial charge in [0.2, 0.25) is 0 Å². The fourth-order valence-corrected chi connectivity index (χ4v) is 2.52. The third-order valence-corrected chi connectivity index (χ3v) is 3.66. The quantitative estimate of drug-likeness (QED) is 0.931. The van der Waals surface area contributed by atoms with Crippen LogP contribution in [0.2, 0.25) is 0 Å². The summed E-state index contributed by atoms with van der Waals surface area (Å²) in [6.45, 7) is 1.55. The summed E-state index contributed by atoms with van der Waals surface area (Å²) in [5.41, 5.74) is -0.649. The molecule has 0 saturated carbocycles. The maximum atomic E-state index is 13.4. The number of anilines is 2. The Morgan fingerprint density at radius 3 is 2.54 bits per heavy atom. The molecule has 128 valence electrons. The lowest BCUT2D eigenvalue weighted by molar-refractivity contribution is -0.137. The van der Waals surface area contributed by atoms with Gasteiger partial charge in [0.05, 0.1) is 25.0 Å². The number of halogens is 3. The van der Waals surface area contributed by atoms with Gasteiger partial charge >= 0.3 is 6.18 Å². The van der Waals surface area contributed by atoms with Crippen LogP contribution in [0.3, 0.4) is 0 Å². The first-order valence-electron chi connectivity index (χ1n) is 7.34. The van der Waals surface area contributed by atoms with Gasteiger partial charge in [0.15, 0.2) is 5.76 Å². The van der Waals surface area contributed by atoms with E-state index in [9.17, 15) is 18.0 Å². The second-order valence-electron chi connectivity index (χ2n) is 5.26. The van der Waals surface area contributed by atoms with Crippen LogP contribution in [0, 0.1) is 0 Å². The Balaban J connectivity index is 1.88. The summed E-state index contributed by atoms with van der Waals surface area (Å²) in [7, 11) is 0. The van der Waals surface area contributed by atoms with Crippen LogP contribution in [0.15, 0.2) is 41.0 Å². The maximum absolute atomic E-state index is 13.4. The molecule has 1 saturated heterocycles. The van der Waals surface area contributed by atoms with Crippen LogP contribution >= 0.6 is 0 Å². The smallest absolute Gasteiger partial charge is 0.418 e. The highest BCUT2D eigenvalue weighted by Crippen LogP contribution is 2.38. The van der Waals surface area contributed by atoms with Crippen LogP contribution in [0.25, 0.3) is 0 Å². The van der Waals surface area contributed by atoms with Gasteiger partial charge in [-0.15, -0.1) is 0 Å². The van der Waals surface area contributed by atoms with Crippen LogP contribution in [0.1, 0.15) is 16.1 Å². The van der Waals surface area contributed by atoms with Crippen molar-refractivity contribution in [3.05, 3.63) is 47.9 Å². The van der Waals surface area contributed by atoms with Gasteiger partial charge in [-0.1, -0.05) is 0 Å². The molecule has 2 heterocycles. The van der Waals surface area contributed by atoms with Gasteiger partial charge < -0.3 is 19.4 Å². The number of nitrogens with one attached hydrogen (secondary N) is 1. The normalized spacial score (nSPS) is 15.4. The van der Waals surface area contributed by atoms with Gasteiger partial charge in [0.25, 0.3) is 5.91 Å². The van der Waals surface area contributed by atoms with E-state index in [0.717, 1.165) is 6.07 Å². The number of hydrogen-bond donors (Lipinski definition) is 1. The number of alkyl halides is 3. The van der Waals surface area contributed by atoms with Crippen molar-refractivity contribution in [2.24, 2.45) is 0 Å². The zero-order valence-corrected chi connectivity index (χ0v) is 12.6. The molecule has 2 aromatic rings. The van der Waals surface area contributed by atoms with E-state index in [1.807, 2.05) is 0 Å². The van der Waals surface area contributed by atoms with E-state index in [4.69, 9.17) is 9.15 Å². The molecule has 1 amide bonds. The average molecular weight is 340 g/mol. The topological polar surface area (TPSA) is 54.7 Å². The molecule has 1 fully saturated rings. The van der Waals surface area contributed by atoms with E-state index in [0.29, 0.717) is 26.3 Å². The second-order valence-corrected chi connectivity index (χ2v) is 5.26. The minimum atomic E-state index is -4.53. The lowest BCUT2D eigenvalue weighted by atomic mass is 10.1. The van der Waals surface area contributed by atoms with E-state index in [1.54, 1.807) is 4.90 Å². The van der Waals surface area contributed by atoms with Gasteiger partial charge in [-0.3, -0.25) is 4.79 Å². The monoisotopic (exact) mass is 340 g/mol. The highest BCUT2D eigenvalue weighted by atomic mass is 19.4. The molecule has 1 aromatic carbocycles. The zero-order valence-electron chi connectivity index (χ0n) is 12.6. The van der Waals surface area contributed by atoms with Crippen LogP contribution in [-0.2, 0) is 10.9 Å². The third kappa shape index (κ3) is 3.53. The number of benzene rings is 1. The number of amides is 1. The van der Waals surface area contributed by atoms with Gasteiger partial charge in [0, 0.05) is 24.5 Å². The molecule has 24 heavy (non-hydrogen) atoms. The predicted octanol–water partition coefficient (Wildman–Crippen LogP) is 3.39. The molecule has 1 N–H and O–H groups in total. The largest absolute Gasteiger partial charge is 0.459 e. The highest BCUT2D eigenvalue weighted by molar-refractivity contribution is 6.02. The molecule has 1 aromatic heterocycles. The summed E-state index contributed by atoms with van der Waals surface area (Å²) < 4.78 is 50.3. The summed E-state index contributed by atoms with van der Waals surface area (Å²) in [5, 5.41) is 2.41. The first-order chi connectivity index (χ1) is 11.4. The number of morpholine rings is 1. The SMILES string of the molecule is O=C(Nc1ccc(N2CCOCC2)c(C(F)(F)F)c1)c1ccco1. The molecule has 0 spiro atoms. The van der Waals surface area contributed by atoms with E-state index in [-0.39, 0.29) is 17.1 Å². The Morgan fingerprint density at radius 2 is 1.92 bits per heavy atom. The second kappa shape index (κ2) is 6.56. The fraction of sp³-hybridized carbons (Fsp3) is 0.312. The molecule has 1 aliphatic rings. The number of hydrogen-bond acceptors (Lipinski definition) is 4. The van der Waals surface area contributed by atoms with E-state index in [2.05, 4.69) is 5.32 Å². The number of rotatable bonds is 3. The number of nitrogens with zero attached hydrogens (tertiary/aromatic N) is 1. The van der Waals surface area contributed by atoms with Crippen LogP contribution in [-0.4, -0.2) is 32.2 Å². The first kappa shape index (κ1) is 16.4. The van der Waals surface area contributed by atoms with Gasteiger partial charge in [-0.05, 0) is 30.3 Å². The summed E-state index contributed by atoms with van der Waals surface area (Å²) >= 11 is 0. The Morgan fingerprint density at radius 1 is 1.17 bits per heavy atom. The van der Waals surface area contributed by atoms with Crippen molar-refractivity contribution in [3.63, 3.8) is 0 Å². The van der Waals surface area contributed by atoms with Crippen molar-refractivity contribution in [1.29, 1.82) is 0 Å². The van der Waals surface area contributed by atoms with Crippen LogP contribution < -0.4 is 10.2 Å². The number of carbonyl (C=O) groups excluding carboxylic acids is 1. The van der Waals surface area contributed by atoms with E-state index >= 15 is 0 Å². The molecule has 0 atom stereocenters. The molecule has 3 rings (SSSR count). The minimum Gasteiger partial charge on any atom is -0.459 e. The molecular weight excluding hydrogens is 325 g/mol. The van der Waals surface area contributed by atoms with E-state index < -0.39 is 17.6 Å². The van der Waals surface area contributed by atoms with Gasteiger partial charge in [-0.2, -0.15) is 13.2 Å². The maximum Gasteiger partial charge on any atom is 0.418 e. The predicted molar refractivity (Wildman–Crippen MR) is 81.1 cm³/mol. The minimum absolute atomic E-state index is 0.0285. The van der Waals surface area contributed by atoms with E-state index in [1.165, 1.54) is 30.5 Å². The highest BCUT2D eigenvalue weighted by Gasteiger charge is 2.35. The molecular formula is C16H15F3N2O3. The number of carbonyl (C=O) groups is 1. The summed E-state index contributed by atoms with van der Waals surface area (Å²) in [4.78, 5) is 13.5. The molecule has 0 unspecified atom stereocenters. The van der Waals surface area contributed by atoms with Crippen LogP contribution in [0.4, 0.5) is 24.5 Å². The molecule has 1 aliphatic heterocycles. The lowest BCUT2D eigenvalue weighted by Gasteiger charge is -2.31. The Hall–Kier alpha value is -2.48. The van der Waals surface area contributed by atoms with Crippen molar-refractivity contribution < 1.29 is 27.1 Å². The van der Waals surface area contributed by atoms with Gasteiger partial charge in [0.1, 0.15) is 0 Å². The lowest BCUT2D eigenvalue weighted by Crippen LogP contribution is -2.37. The van der Waals surface area contributed by atoms with Crippen LogP contribution in [0.5, 0.6) is 0 Å². The van der Waals surface area contributed by atoms with Gasteiger partial charge in [-0.25, -0.2) is 0 Å². The fourth-order valence-electron chi connectivity index (χ4n) is 2.52. The zero-order chi connectivity index (χ0) is 17.2. The molecule has 0 radical (unpaired) electrons. The summed E-state index contributed by atoms with van der Waals surface area (Å²) in [5.74, 6) is -0.576. The van der Waals surface area contributed by atoms with Crippen molar-refractivity contribution in [2.45, 2.75) is 6.18 Å². The Bertz CT molecular complexity index is 708.